The molecule has 1 aliphatic rings. The third-order valence-electron chi connectivity index (χ3n) is 5.10. The van der Waals surface area contributed by atoms with Crippen LogP contribution in [0.25, 0.3) is 0 Å². The van der Waals surface area contributed by atoms with Gasteiger partial charge in [0, 0.05) is 24.8 Å². The molecule has 1 aromatic carbocycles. The average Bonchev–Trinajstić information content (AvgIpc) is 3.29. The minimum absolute atomic E-state index is 0.0284. The number of aliphatic carboxylic acids is 1. The molecule has 1 saturated heterocycles. The maximum atomic E-state index is 12.0. The van der Waals surface area contributed by atoms with E-state index in [1.807, 2.05) is 26.8 Å². The summed E-state index contributed by atoms with van der Waals surface area (Å²) in [5.41, 5.74) is 4.95. The van der Waals surface area contributed by atoms with Crippen molar-refractivity contribution in [3.05, 3.63) is 68.5 Å². The fraction of sp³-hybridized carbons (Fsp3) is 0.458. The molecule has 1 fully saturated rings. The number of carbonyl (C=O) groups excluding carboxylic acids is 2. The van der Waals surface area contributed by atoms with Crippen molar-refractivity contribution in [2.45, 2.75) is 58.4 Å². The Labute approximate surface area is 207 Å². The fourth-order valence-corrected chi connectivity index (χ4v) is 3.24. The van der Waals surface area contributed by atoms with Crippen molar-refractivity contribution < 1.29 is 29.0 Å². The number of benzene rings is 1. The second-order valence-electron chi connectivity index (χ2n) is 9.26. The Hall–Kier alpha value is -3.93. The van der Waals surface area contributed by atoms with Crippen molar-refractivity contribution in [2.75, 3.05) is 13.1 Å². The lowest BCUT2D eigenvalue weighted by Gasteiger charge is -2.24. The molecule has 0 unspecified atom stereocenters. The number of carbonyl (C=O) groups is 3. The number of likely N-dealkylation sites (tertiary alicyclic amines) is 1. The summed E-state index contributed by atoms with van der Waals surface area (Å²) < 4.78 is 11.5. The minimum atomic E-state index is -1.62. The van der Waals surface area contributed by atoms with Crippen molar-refractivity contribution in [3.63, 3.8) is 0 Å². The summed E-state index contributed by atoms with van der Waals surface area (Å²) in [6, 6.07) is 7.18. The first-order valence-electron chi connectivity index (χ1n) is 11.3. The molecule has 2 aromatic rings. The molecule has 0 bridgehead atoms. The van der Waals surface area contributed by atoms with Gasteiger partial charge in [0.05, 0.1) is 6.04 Å². The van der Waals surface area contributed by atoms with Crippen molar-refractivity contribution in [1.82, 2.24) is 14.5 Å². The van der Waals surface area contributed by atoms with Gasteiger partial charge in [-0.25, -0.2) is 19.2 Å². The smallest absolute Gasteiger partial charge is 0.410 e. The number of ether oxygens (including phenoxy) is 2. The van der Waals surface area contributed by atoms with Crippen molar-refractivity contribution in [1.29, 1.82) is 0 Å². The fourth-order valence-electron chi connectivity index (χ4n) is 3.24. The zero-order chi connectivity index (χ0) is 27.0. The highest BCUT2D eigenvalue weighted by Crippen LogP contribution is 2.22. The van der Waals surface area contributed by atoms with E-state index in [4.69, 9.17) is 20.3 Å². The highest BCUT2D eigenvalue weighted by atomic mass is 16.6. The van der Waals surface area contributed by atoms with E-state index in [9.17, 15) is 24.0 Å². The van der Waals surface area contributed by atoms with E-state index in [-0.39, 0.29) is 24.3 Å². The molecule has 0 radical (unpaired) electrons. The number of hydrogen-bond donors (Lipinski definition) is 3. The number of aryl methyl sites for hydroxylation is 1. The largest absolute Gasteiger partial charge is 0.480 e. The predicted octanol–water partition coefficient (Wildman–Crippen LogP) is 1.17. The molecule has 12 nitrogen and oxygen atoms in total. The van der Waals surface area contributed by atoms with Gasteiger partial charge in [0.15, 0.2) is 0 Å². The van der Waals surface area contributed by atoms with Gasteiger partial charge in [-0.2, -0.15) is 0 Å². The Morgan fingerprint density at radius 1 is 1.19 bits per heavy atom. The zero-order valence-corrected chi connectivity index (χ0v) is 20.7. The van der Waals surface area contributed by atoms with Gasteiger partial charge >= 0.3 is 23.7 Å². The first-order valence-corrected chi connectivity index (χ1v) is 11.3. The number of esters is 1. The number of nitrogens with zero attached hydrogens (tertiary/aromatic N) is 2. The van der Waals surface area contributed by atoms with Gasteiger partial charge < -0.3 is 25.2 Å². The van der Waals surface area contributed by atoms with Crippen LogP contribution in [-0.4, -0.2) is 62.3 Å². The number of aromatic amines is 1. The Bertz CT molecular complexity index is 1180. The van der Waals surface area contributed by atoms with Crippen molar-refractivity contribution >= 4 is 18.0 Å². The molecular formula is C24H32N4O8. The summed E-state index contributed by atoms with van der Waals surface area (Å²) in [5.74, 6) is -2.33. The summed E-state index contributed by atoms with van der Waals surface area (Å²) in [4.78, 5) is 60.5. The van der Waals surface area contributed by atoms with Gasteiger partial charge in [0.2, 0.25) is 6.04 Å². The summed E-state index contributed by atoms with van der Waals surface area (Å²) in [5, 5.41) is 8.42. The molecule has 4 N–H and O–H groups in total. The normalized spacial score (nSPS) is 15.9. The Morgan fingerprint density at radius 3 is 2.42 bits per heavy atom. The summed E-state index contributed by atoms with van der Waals surface area (Å²) in [6.45, 7) is 8.05. The van der Waals surface area contributed by atoms with E-state index in [1.165, 1.54) is 4.57 Å². The van der Waals surface area contributed by atoms with Crippen LogP contribution in [0.1, 0.15) is 44.4 Å². The lowest BCUT2D eigenvalue weighted by atomic mass is 10.2. The van der Waals surface area contributed by atoms with E-state index in [0.717, 1.165) is 5.56 Å². The SMILES string of the molecule is Cc1cn([C@@H]2CCN(C(=O)OC(C)(C)C)C2)c(=O)[nH]c1=O.N[C@@H](C(=O)O)C(=O)OCc1ccccc1. The maximum Gasteiger partial charge on any atom is 0.410 e. The predicted molar refractivity (Wildman–Crippen MR) is 129 cm³/mol. The van der Waals surface area contributed by atoms with Crippen LogP contribution in [0, 0.1) is 6.92 Å². The molecule has 2 atom stereocenters. The Balaban J connectivity index is 0.000000269. The van der Waals surface area contributed by atoms with Gasteiger partial charge in [0.25, 0.3) is 5.56 Å². The lowest BCUT2D eigenvalue weighted by molar-refractivity contribution is -0.154. The number of nitrogens with one attached hydrogen (secondary N) is 1. The van der Waals surface area contributed by atoms with Crippen LogP contribution >= 0.6 is 0 Å². The third kappa shape index (κ3) is 8.38. The van der Waals surface area contributed by atoms with E-state index in [0.29, 0.717) is 25.1 Å². The monoisotopic (exact) mass is 504 g/mol. The highest BCUT2D eigenvalue weighted by molar-refractivity contribution is 5.97. The number of nitrogens with two attached hydrogens (primary N) is 1. The molecule has 1 amide bonds. The molecule has 2 heterocycles. The van der Waals surface area contributed by atoms with Gasteiger partial charge in [-0.05, 0) is 39.7 Å². The van der Waals surface area contributed by atoms with E-state index in [1.54, 1.807) is 42.3 Å². The molecule has 0 aliphatic carbocycles. The number of rotatable bonds is 5. The van der Waals surface area contributed by atoms with Gasteiger partial charge in [-0.3, -0.25) is 14.3 Å². The molecule has 196 valence electrons. The third-order valence-corrected chi connectivity index (χ3v) is 5.10. The summed E-state index contributed by atoms with van der Waals surface area (Å²) >= 11 is 0. The van der Waals surface area contributed by atoms with E-state index >= 15 is 0 Å². The molecule has 1 aromatic heterocycles. The van der Waals surface area contributed by atoms with Crippen LogP contribution in [-0.2, 0) is 25.7 Å². The van der Waals surface area contributed by atoms with Crippen LogP contribution in [0.3, 0.4) is 0 Å². The van der Waals surface area contributed by atoms with Gasteiger partial charge in [-0.15, -0.1) is 0 Å². The second-order valence-corrected chi connectivity index (χ2v) is 9.26. The second kappa shape index (κ2) is 12.2. The Kier molecular flexibility index (Phi) is 9.56. The quantitative estimate of drug-likeness (QED) is 0.399. The van der Waals surface area contributed by atoms with Gasteiger partial charge in [-0.1, -0.05) is 30.3 Å². The van der Waals surface area contributed by atoms with E-state index < -0.39 is 29.3 Å². The average molecular weight is 505 g/mol. The molecule has 0 saturated carbocycles. The van der Waals surface area contributed by atoms with E-state index in [2.05, 4.69) is 4.98 Å². The standard InChI is InChI=1S/C14H21N3O4.C10H11NO4/c1-9-7-17(12(19)15-11(9)18)10-5-6-16(8-10)13(20)21-14(2,3)4;11-8(9(12)13)10(14)15-6-7-4-2-1-3-5-7/h7,10H,5-6,8H2,1-4H3,(H,15,18,19);1-5,8H,6,11H2,(H,12,13)/t10-;8-/m10/s1. The Morgan fingerprint density at radius 2 is 1.83 bits per heavy atom. The number of carboxylic acid groups (broad SMARTS) is 1. The van der Waals surface area contributed by atoms with Gasteiger partial charge in [0.1, 0.15) is 12.2 Å². The molecule has 3 rings (SSSR count). The zero-order valence-electron chi connectivity index (χ0n) is 20.7. The van der Waals surface area contributed by atoms with Crippen molar-refractivity contribution in [3.8, 4) is 0 Å². The minimum Gasteiger partial charge on any atom is -0.480 e. The molecule has 1 aliphatic heterocycles. The molecular weight excluding hydrogens is 472 g/mol. The topological polar surface area (TPSA) is 174 Å². The van der Waals surface area contributed by atoms with Crippen LogP contribution in [0.4, 0.5) is 4.79 Å². The molecule has 36 heavy (non-hydrogen) atoms. The van der Waals surface area contributed by atoms with Crippen LogP contribution in [0.2, 0.25) is 0 Å². The lowest BCUT2D eigenvalue weighted by Crippen LogP contribution is -2.39. The van der Waals surface area contributed by atoms with Crippen LogP contribution in [0.15, 0.2) is 46.1 Å². The van der Waals surface area contributed by atoms with Crippen molar-refractivity contribution in [2.24, 2.45) is 5.73 Å². The molecule has 12 heteroatoms. The number of H-pyrrole nitrogens is 1. The number of hydrogen-bond acceptors (Lipinski definition) is 8. The van der Waals surface area contributed by atoms with Crippen LogP contribution < -0.4 is 17.0 Å². The number of amides is 1. The first-order chi connectivity index (χ1) is 16.8. The highest BCUT2D eigenvalue weighted by Gasteiger charge is 2.31. The summed E-state index contributed by atoms with van der Waals surface area (Å²) in [6.07, 6.45) is 1.83. The first kappa shape index (κ1) is 28.3. The molecule has 0 spiro atoms. The summed E-state index contributed by atoms with van der Waals surface area (Å²) in [7, 11) is 0. The number of carboxylic acids is 1. The van der Waals surface area contributed by atoms with Crippen LogP contribution in [0.5, 0.6) is 0 Å². The maximum absolute atomic E-state index is 12.0. The number of aromatic nitrogens is 2.